The first-order chi connectivity index (χ1) is 13.2. The van der Waals surface area contributed by atoms with E-state index in [9.17, 15) is 9.59 Å². The van der Waals surface area contributed by atoms with Gasteiger partial charge in [-0.1, -0.05) is 54.8 Å². The lowest BCUT2D eigenvalue weighted by atomic mass is 9.87. The minimum absolute atomic E-state index is 0.112. The number of carbonyl (C=O) groups is 2. The first-order valence-electron chi connectivity index (χ1n) is 9.73. The standard InChI is InChI=1S/C20H25N5O2/c26-19(21-11-15-7-3-1-4-8-15)18-14-25(23-22-18)17-12-24(13-17)20(27)16-9-5-2-6-10-16/h1,3-4,7-8,14,16-17H,2,5-6,9-13H2,(H,21,26). The fourth-order valence-corrected chi connectivity index (χ4v) is 3.84. The molecule has 142 valence electrons. The summed E-state index contributed by atoms with van der Waals surface area (Å²) in [6, 6.07) is 9.86. The Labute approximate surface area is 158 Å². The van der Waals surface area contributed by atoms with Gasteiger partial charge in [0, 0.05) is 25.6 Å². The van der Waals surface area contributed by atoms with Gasteiger partial charge in [0.15, 0.2) is 5.69 Å². The first-order valence-corrected chi connectivity index (χ1v) is 9.73. The lowest BCUT2D eigenvalue weighted by Crippen LogP contribution is -2.53. The van der Waals surface area contributed by atoms with Crippen LogP contribution in [0.25, 0.3) is 0 Å². The van der Waals surface area contributed by atoms with E-state index in [1.807, 2.05) is 35.2 Å². The second-order valence-corrected chi connectivity index (χ2v) is 7.48. The number of benzene rings is 1. The third-order valence-corrected chi connectivity index (χ3v) is 5.54. The van der Waals surface area contributed by atoms with E-state index >= 15 is 0 Å². The van der Waals surface area contributed by atoms with E-state index < -0.39 is 0 Å². The van der Waals surface area contributed by atoms with Crippen LogP contribution < -0.4 is 5.32 Å². The number of aromatic nitrogens is 3. The van der Waals surface area contributed by atoms with Gasteiger partial charge in [-0.2, -0.15) is 0 Å². The number of likely N-dealkylation sites (tertiary alicyclic amines) is 1. The lowest BCUT2D eigenvalue weighted by molar-refractivity contribution is -0.142. The van der Waals surface area contributed by atoms with Crippen molar-refractivity contribution in [2.24, 2.45) is 5.92 Å². The monoisotopic (exact) mass is 367 g/mol. The molecule has 7 heteroatoms. The Bertz CT molecular complexity index is 792. The molecule has 0 bridgehead atoms. The Balaban J connectivity index is 1.27. The van der Waals surface area contributed by atoms with Gasteiger partial charge in [-0.15, -0.1) is 5.10 Å². The predicted molar refractivity (Wildman–Crippen MR) is 99.8 cm³/mol. The van der Waals surface area contributed by atoms with E-state index in [0.717, 1.165) is 31.2 Å². The molecule has 2 heterocycles. The molecule has 7 nitrogen and oxygen atoms in total. The van der Waals surface area contributed by atoms with Crippen molar-refractivity contribution in [3.63, 3.8) is 0 Å². The van der Waals surface area contributed by atoms with Gasteiger partial charge in [-0.3, -0.25) is 9.59 Å². The number of amides is 2. The summed E-state index contributed by atoms with van der Waals surface area (Å²) in [5.74, 6) is 0.251. The summed E-state index contributed by atoms with van der Waals surface area (Å²) in [5, 5.41) is 10.9. The normalized spacial score (nSPS) is 18.1. The van der Waals surface area contributed by atoms with Crippen LogP contribution in [0.1, 0.15) is 54.2 Å². The Morgan fingerprint density at radius 2 is 1.81 bits per heavy atom. The van der Waals surface area contributed by atoms with E-state index in [-0.39, 0.29) is 23.8 Å². The maximum Gasteiger partial charge on any atom is 0.273 e. The largest absolute Gasteiger partial charge is 0.347 e. The highest BCUT2D eigenvalue weighted by molar-refractivity contribution is 5.91. The average Bonchev–Trinajstić information content (AvgIpc) is 3.16. The molecule has 2 fully saturated rings. The molecule has 0 radical (unpaired) electrons. The van der Waals surface area contributed by atoms with Crippen LogP contribution in [-0.4, -0.2) is 44.8 Å². The molecule has 2 aromatic rings. The Morgan fingerprint density at radius 3 is 2.56 bits per heavy atom. The third kappa shape index (κ3) is 4.02. The molecule has 4 rings (SSSR count). The van der Waals surface area contributed by atoms with Crippen LogP contribution >= 0.6 is 0 Å². The average molecular weight is 367 g/mol. The number of carbonyl (C=O) groups excluding carboxylic acids is 2. The van der Waals surface area contributed by atoms with Crippen molar-refractivity contribution in [3.05, 3.63) is 47.8 Å². The van der Waals surface area contributed by atoms with Crippen LogP contribution in [0.2, 0.25) is 0 Å². The van der Waals surface area contributed by atoms with E-state index in [2.05, 4.69) is 15.6 Å². The van der Waals surface area contributed by atoms with Crippen molar-refractivity contribution < 1.29 is 9.59 Å². The van der Waals surface area contributed by atoms with Gasteiger partial charge < -0.3 is 10.2 Å². The van der Waals surface area contributed by atoms with Crippen LogP contribution in [0.3, 0.4) is 0 Å². The van der Waals surface area contributed by atoms with Crippen molar-refractivity contribution in [2.45, 2.75) is 44.7 Å². The van der Waals surface area contributed by atoms with E-state index in [1.165, 1.54) is 6.42 Å². The topological polar surface area (TPSA) is 80.1 Å². The molecule has 1 aromatic carbocycles. The van der Waals surface area contributed by atoms with Gasteiger partial charge in [-0.25, -0.2) is 4.68 Å². The van der Waals surface area contributed by atoms with Crippen molar-refractivity contribution >= 4 is 11.8 Å². The fourth-order valence-electron chi connectivity index (χ4n) is 3.84. The molecule has 1 aromatic heterocycles. The summed E-state index contributed by atoms with van der Waals surface area (Å²) in [7, 11) is 0. The van der Waals surface area contributed by atoms with Gasteiger partial charge in [0.05, 0.1) is 12.2 Å². The zero-order valence-corrected chi connectivity index (χ0v) is 15.4. The number of hydrogen-bond acceptors (Lipinski definition) is 4. The minimum atomic E-state index is -0.237. The first kappa shape index (κ1) is 17.7. The van der Waals surface area contributed by atoms with Crippen molar-refractivity contribution in [1.29, 1.82) is 0 Å². The molecule has 27 heavy (non-hydrogen) atoms. The fraction of sp³-hybridized carbons (Fsp3) is 0.500. The molecular weight excluding hydrogens is 342 g/mol. The molecule has 1 aliphatic carbocycles. The second kappa shape index (κ2) is 7.90. The zero-order valence-electron chi connectivity index (χ0n) is 15.4. The Morgan fingerprint density at radius 1 is 1.07 bits per heavy atom. The van der Waals surface area contributed by atoms with E-state index in [4.69, 9.17) is 0 Å². The number of rotatable bonds is 5. The quantitative estimate of drug-likeness (QED) is 0.878. The SMILES string of the molecule is O=C(NCc1ccccc1)c1cn(C2CN(C(=O)C3CCCCC3)C2)nn1. The summed E-state index contributed by atoms with van der Waals surface area (Å²) >= 11 is 0. The molecule has 2 aliphatic rings. The molecule has 1 saturated carbocycles. The summed E-state index contributed by atoms with van der Waals surface area (Å²) in [5.41, 5.74) is 1.34. The van der Waals surface area contributed by atoms with Crippen molar-refractivity contribution in [1.82, 2.24) is 25.2 Å². The molecule has 0 spiro atoms. The van der Waals surface area contributed by atoms with E-state index in [0.29, 0.717) is 25.3 Å². The Hall–Kier alpha value is -2.70. The highest BCUT2D eigenvalue weighted by atomic mass is 16.2. The van der Waals surface area contributed by atoms with Crippen molar-refractivity contribution in [3.8, 4) is 0 Å². The Kier molecular flexibility index (Phi) is 5.18. The summed E-state index contributed by atoms with van der Waals surface area (Å²) < 4.78 is 1.71. The molecular formula is C20H25N5O2. The highest BCUT2D eigenvalue weighted by Gasteiger charge is 2.36. The predicted octanol–water partition coefficient (Wildman–Crippen LogP) is 2.17. The van der Waals surface area contributed by atoms with Crippen LogP contribution in [0.5, 0.6) is 0 Å². The maximum absolute atomic E-state index is 12.5. The minimum Gasteiger partial charge on any atom is -0.347 e. The molecule has 1 aliphatic heterocycles. The molecule has 0 unspecified atom stereocenters. The van der Waals surface area contributed by atoms with Crippen LogP contribution in [0.15, 0.2) is 36.5 Å². The van der Waals surface area contributed by atoms with Gasteiger partial charge in [0.1, 0.15) is 0 Å². The van der Waals surface area contributed by atoms with Gasteiger partial charge in [-0.05, 0) is 18.4 Å². The number of hydrogen-bond donors (Lipinski definition) is 1. The van der Waals surface area contributed by atoms with Crippen molar-refractivity contribution in [2.75, 3.05) is 13.1 Å². The third-order valence-electron chi connectivity index (χ3n) is 5.54. The molecule has 1 N–H and O–H groups in total. The second-order valence-electron chi connectivity index (χ2n) is 7.48. The molecule has 1 saturated heterocycles. The summed E-state index contributed by atoms with van der Waals surface area (Å²) in [4.78, 5) is 26.7. The van der Waals surface area contributed by atoms with Crippen LogP contribution in [0, 0.1) is 5.92 Å². The highest BCUT2D eigenvalue weighted by Crippen LogP contribution is 2.29. The maximum atomic E-state index is 12.5. The number of nitrogens with zero attached hydrogens (tertiary/aromatic N) is 4. The summed E-state index contributed by atoms with van der Waals surface area (Å²) in [6.45, 7) is 1.77. The van der Waals surface area contributed by atoms with Gasteiger partial charge in [0.25, 0.3) is 5.91 Å². The van der Waals surface area contributed by atoms with Gasteiger partial charge in [0.2, 0.25) is 5.91 Å². The summed E-state index contributed by atoms with van der Waals surface area (Å²) in [6.07, 6.45) is 7.30. The molecule has 0 atom stereocenters. The van der Waals surface area contributed by atoms with Crippen LogP contribution in [-0.2, 0) is 11.3 Å². The smallest absolute Gasteiger partial charge is 0.273 e. The number of nitrogens with one attached hydrogen (secondary N) is 1. The molecule has 2 amide bonds. The van der Waals surface area contributed by atoms with Gasteiger partial charge >= 0.3 is 0 Å². The lowest BCUT2D eigenvalue weighted by Gasteiger charge is -2.41. The van der Waals surface area contributed by atoms with E-state index in [1.54, 1.807) is 10.9 Å². The van der Waals surface area contributed by atoms with Crippen LogP contribution in [0.4, 0.5) is 0 Å². The zero-order chi connectivity index (χ0) is 18.6.